The van der Waals surface area contributed by atoms with Crippen LogP contribution in [0.5, 0.6) is 0 Å². The van der Waals surface area contributed by atoms with E-state index in [1.54, 1.807) is 18.2 Å². The van der Waals surface area contributed by atoms with Crippen LogP contribution in [0, 0.1) is 17.8 Å². The standard InChI is InChI=1S/C9H4F2N/c10-7-5-9(11)12-8-4-2-1-3-6(7)8/h1-4H. The van der Waals surface area contributed by atoms with Gasteiger partial charge < -0.3 is 0 Å². The number of aromatic nitrogens is 1. The molecule has 3 heteroatoms. The van der Waals surface area contributed by atoms with Gasteiger partial charge in [-0.15, -0.1) is 0 Å². The van der Waals surface area contributed by atoms with Crippen molar-refractivity contribution in [3.63, 3.8) is 0 Å². The van der Waals surface area contributed by atoms with Gasteiger partial charge in [0, 0.05) is 5.39 Å². The maximum atomic E-state index is 12.9. The van der Waals surface area contributed by atoms with Gasteiger partial charge in [-0.2, -0.15) is 4.39 Å². The van der Waals surface area contributed by atoms with E-state index >= 15 is 0 Å². The van der Waals surface area contributed by atoms with Crippen LogP contribution >= 0.6 is 0 Å². The summed E-state index contributed by atoms with van der Waals surface area (Å²) in [6, 6.07) is 8.30. The second-order valence-corrected chi connectivity index (χ2v) is 2.36. The van der Waals surface area contributed by atoms with E-state index in [0.29, 0.717) is 10.9 Å². The van der Waals surface area contributed by atoms with Gasteiger partial charge in [0.1, 0.15) is 5.82 Å². The van der Waals surface area contributed by atoms with Gasteiger partial charge in [0.15, 0.2) is 0 Å². The van der Waals surface area contributed by atoms with E-state index in [1.807, 2.05) is 6.07 Å². The fourth-order valence-electron chi connectivity index (χ4n) is 1.05. The van der Waals surface area contributed by atoms with E-state index in [2.05, 4.69) is 4.98 Å². The fraction of sp³-hybridized carbons (Fsp3) is 0. The Hall–Kier alpha value is -1.51. The molecule has 2 rings (SSSR count). The van der Waals surface area contributed by atoms with Gasteiger partial charge in [0.25, 0.3) is 0 Å². The van der Waals surface area contributed by atoms with Crippen molar-refractivity contribution in [1.82, 2.24) is 4.98 Å². The zero-order chi connectivity index (χ0) is 8.55. The maximum absolute atomic E-state index is 12.9. The van der Waals surface area contributed by atoms with Crippen molar-refractivity contribution in [2.24, 2.45) is 0 Å². The highest BCUT2D eigenvalue weighted by molar-refractivity contribution is 5.78. The van der Waals surface area contributed by atoms with Crippen LogP contribution in [0.15, 0.2) is 24.3 Å². The number of benzene rings is 1. The minimum Gasteiger partial charge on any atom is -0.219 e. The summed E-state index contributed by atoms with van der Waals surface area (Å²) in [5.74, 6) is -1.61. The molecule has 0 amide bonds. The van der Waals surface area contributed by atoms with Gasteiger partial charge in [0.05, 0.1) is 11.6 Å². The molecule has 0 unspecified atom stereocenters. The number of para-hydroxylation sites is 1. The summed E-state index contributed by atoms with van der Waals surface area (Å²) < 4.78 is 25.4. The molecule has 0 fully saturated rings. The molecule has 2 aromatic rings. The summed E-state index contributed by atoms with van der Waals surface area (Å²) in [5, 5.41) is 0.291. The van der Waals surface area contributed by atoms with Gasteiger partial charge in [-0.3, -0.25) is 0 Å². The lowest BCUT2D eigenvalue weighted by Gasteiger charge is -1.96. The highest BCUT2D eigenvalue weighted by Gasteiger charge is 2.03. The molecule has 0 atom stereocenters. The zero-order valence-electron chi connectivity index (χ0n) is 6.01. The molecule has 0 aliphatic heterocycles. The summed E-state index contributed by atoms with van der Waals surface area (Å²) in [5.41, 5.74) is 0.311. The number of fused-ring (bicyclic) bond motifs is 1. The minimum absolute atomic E-state index is 0.291. The van der Waals surface area contributed by atoms with Gasteiger partial charge >= 0.3 is 0 Å². The first-order chi connectivity index (χ1) is 5.77. The predicted octanol–water partition coefficient (Wildman–Crippen LogP) is 2.31. The number of hydrogen-bond donors (Lipinski definition) is 0. The van der Waals surface area contributed by atoms with Crippen molar-refractivity contribution in [2.75, 3.05) is 0 Å². The third-order valence-corrected chi connectivity index (χ3v) is 1.57. The van der Waals surface area contributed by atoms with Crippen molar-refractivity contribution in [3.05, 3.63) is 42.1 Å². The molecule has 1 nitrogen and oxygen atoms in total. The quantitative estimate of drug-likeness (QED) is 0.544. The van der Waals surface area contributed by atoms with E-state index in [9.17, 15) is 8.78 Å². The average Bonchev–Trinajstić information content (AvgIpc) is 2.04. The number of rotatable bonds is 0. The van der Waals surface area contributed by atoms with Crippen LogP contribution in [0.4, 0.5) is 8.78 Å². The van der Waals surface area contributed by atoms with E-state index in [4.69, 9.17) is 0 Å². The van der Waals surface area contributed by atoms with E-state index in [-0.39, 0.29) is 0 Å². The van der Waals surface area contributed by atoms with E-state index in [0.717, 1.165) is 0 Å². The maximum Gasteiger partial charge on any atom is 0.224 e. The number of pyridine rings is 1. The van der Waals surface area contributed by atoms with E-state index in [1.165, 1.54) is 6.07 Å². The Morgan fingerprint density at radius 2 is 1.92 bits per heavy atom. The Balaban J connectivity index is 2.89. The van der Waals surface area contributed by atoms with Crippen LogP contribution in [0.1, 0.15) is 0 Å². The molecule has 0 aliphatic rings. The summed E-state index contributed by atoms with van der Waals surface area (Å²) in [6.45, 7) is 0. The molecule has 0 bridgehead atoms. The van der Waals surface area contributed by atoms with Crippen LogP contribution in [0.2, 0.25) is 0 Å². The molecule has 1 radical (unpaired) electrons. The third-order valence-electron chi connectivity index (χ3n) is 1.57. The van der Waals surface area contributed by atoms with Crippen molar-refractivity contribution in [3.8, 4) is 0 Å². The van der Waals surface area contributed by atoms with Crippen molar-refractivity contribution in [2.45, 2.75) is 0 Å². The Labute approximate surface area is 67.7 Å². The van der Waals surface area contributed by atoms with Crippen molar-refractivity contribution in [1.29, 1.82) is 0 Å². The van der Waals surface area contributed by atoms with Crippen molar-refractivity contribution >= 4 is 10.9 Å². The normalized spacial score (nSPS) is 10.5. The molecule has 0 spiro atoms. The summed E-state index contributed by atoms with van der Waals surface area (Å²) in [7, 11) is 0. The minimum atomic E-state index is -0.911. The lowest BCUT2D eigenvalue weighted by atomic mass is 10.2. The van der Waals surface area contributed by atoms with Gasteiger partial charge in [-0.1, -0.05) is 12.1 Å². The van der Waals surface area contributed by atoms with Crippen LogP contribution in [-0.4, -0.2) is 4.98 Å². The van der Waals surface area contributed by atoms with Crippen LogP contribution in [0.3, 0.4) is 0 Å². The largest absolute Gasteiger partial charge is 0.224 e. The third kappa shape index (κ3) is 1.03. The topological polar surface area (TPSA) is 12.9 Å². The second kappa shape index (κ2) is 2.52. The fourth-order valence-corrected chi connectivity index (χ4v) is 1.05. The molecule has 0 aliphatic carbocycles. The van der Waals surface area contributed by atoms with Gasteiger partial charge in [-0.25, -0.2) is 9.37 Å². The average molecular weight is 164 g/mol. The lowest BCUT2D eigenvalue weighted by molar-refractivity contribution is 0.558. The Bertz CT molecular complexity index is 426. The smallest absolute Gasteiger partial charge is 0.219 e. The van der Waals surface area contributed by atoms with E-state index < -0.39 is 11.8 Å². The molecular weight excluding hydrogens is 160 g/mol. The molecular formula is C9H4F2N. The highest BCUT2D eigenvalue weighted by atomic mass is 19.1. The molecule has 1 aromatic carbocycles. The lowest BCUT2D eigenvalue weighted by Crippen LogP contribution is -1.88. The zero-order valence-corrected chi connectivity index (χ0v) is 6.01. The highest BCUT2D eigenvalue weighted by Crippen LogP contribution is 2.14. The molecule has 1 heterocycles. The molecule has 0 saturated carbocycles. The summed E-state index contributed by atoms with van der Waals surface area (Å²) >= 11 is 0. The molecule has 59 valence electrons. The number of halogens is 2. The number of hydrogen-bond acceptors (Lipinski definition) is 1. The number of nitrogens with zero attached hydrogens (tertiary/aromatic N) is 1. The molecule has 12 heavy (non-hydrogen) atoms. The first-order valence-electron chi connectivity index (χ1n) is 3.40. The van der Waals surface area contributed by atoms with Crippen LogP contribution in [0.25, 0.3) is 10.9 Å². The Kier molecular flexibility index (Phi) is 1.50. The summed E-state index contributed by atoms with van der Waals surface area (Å²) in [4.78, 5) is 3.47. The molecule has 0 saturated heterocycles. The first kappa shape index (κ1) is 7.16. The second-order valence-electron chi connectivity index (χ2n) is 2.36. The Morgan fingerprint density at radius 1 is 1.17 bits per heavy atom. The van der Waals surface area contributed by atoms with Crippen LogP contribution < -0.4 is 0 Å². The molecule has 0 N–H and O–H groups in total. The monoisotopic (exact) mass is 164 g/mol. The molecule has 1 aromatic heterocycles. The van der Waals surface area contributed by atoms with Crippen LogP contribution in [-0.2, 0) is 0 Å². The predicted molar refractivity (Wildman–Crippen MR) is 40.5 cm³/mol. The Morgan fingerprint density at radius 3 is 2.75 bits per heavy atom. The van der Waals surface area contributed by atoms with Gasteiger partial charge in [0.2, 0.25) is 5.95 Å². The van der Waals surface area contributed by atoms with Gasteiger partial charge in [-0.05, 0) is 12.1 Å². The summed E-state index contributed by atoms with van der Waals surface area (Å²) in [6.07, 6.45) is 0. The van der Waals surface area contributed by atoms with Crippen molar-refractivity contribution < 1.29 is 8.78 Å². The SMILES string of the molecule is Fc1[c]c(F)c2ccccc2n1. The first-order valence-corrected chi connectivity index (χ1v) is 3.40.